The van der Waals surface area contributed by atoms with Crippen molar-refractivity contribution in [2.45, 2.75) is 18.3 Å². The zero-order chi connectivity index (χ0) is 17.3. The molecule has 1 aliphatic rings. The number of hydrogen-bond donors (Lipinski definition) is 0. The third-order valence-corrected chi connectivity index (χ3v) is 5.90. The second-order valence-corrected chi connectivity index (χ2v) is 7.93. The van der Waals surface area contributed by atoms with E-state index in [1.165, 1.54) is 9.10 Å². The van der Waals surface area contributed by atoms with Crippen LogP contribution in [0, 0.1) is 0 Å². The van der Waals surface area contributed by atoms with Crippen molar-refractivity contribution < 1.29 is 8.42 Å². The largest absolute Gasteiger partial charge is 0.246 e. The minimum Gasteiger partial charge on any atom is -0.246 e. The second kappa shape index (κ2) is 6.37. The molecule has 1 saturated heterocycles. The smallest absolute Gasteiger partial charge is 0.218 e. The molecule has 0 spiro atoms. The molecule has 2 aromatic heterocycles. The first-order valence-corrected chi connectivity index (χ1v) is 9.48. The molecule has 0 atom stereocenters. The van der Waals surface area contributed by atoms with E-state index in [0.29, 0.717) is 19.6 Å². The molecular weight excluding hydrogens is 342 g/mol. The lowest BCUT2D eigenvalue weighted by molar-refractivity contribution is 0.188. The van der Waals surface area contributed by atoms with Gasteiger partial charge in [0.1, 0.15) is 12.2 Å². The Balaban J connectivity index is 1.36. The van der Waals surface area contributed by atoms with Gasteiger partial charge < -0.3 is 0 Å². The lowest BCUT2D eigenvalue weighted by atomic mass is 10.2. The average molecular weight is 359 g/mol. The number of hydrogen-bond acceptors (Lipinski definition) is 6. The van der Waals surface area contributed by atoms with Gasteiger partial charge in [0.2, 0.25) is 10.0 Å². The Kier molecular flexibility index (Phi) is 4.06. The SMILES string of the molecule is O=S(=O)(Cc1ccccc1)N1CC(n2cc(Cn3nccn3)nn2)C1. The fourth-order valence-corrected chi connectivity index (χ4v) is 4.32. The van der Waals surface area contributed by atoms with E-state index in [4.69, 9.17) is 0 Å². The van der Waals surface area contributed by atoms with Crippen molar-refractivity contribution in [1.29, 1.82) is 0 Å². The topological polar surface area (TPSA) is 98.8 Å². The Morgan fingerprint density at radius 2 is 1.80 bits per heavy atom. The maximum Gasteiger partial charge on any atom is 0.218 e. The zero-order valence-corrected chi connectivity index (χ0v) is 14.2. The molecule has 0 amide bonds. The van der Waals surface area contributed by atoms with Gasteiger partial charge in [-0.1, -0.05) is 35.5 Å². The first-order valence-electron chi connectivity index (χ1n) is 7.87. The summed E-state index contributed by atoms with van der Waals surface area (Å²) in [4.78, 5) is 1.52. The molecule has 9 nitrogen and oxygen atoms in total. The summed E-state index contributed by atoms with van der Waals surface area (Å²) in [6.45, 7) is 1.27. The highest BCUT2D eigenvalue weighted by molar-refractivity contribution is 7.88. The van der Waals surface area contributed by atoms with Crippen molar-refractivity contribution >= 4 is 10.0 Å². The van der Waals surface area contributed by atoms with Gasteiger partial charge in [0.15, 0.2) is 0 Å². The van der Waals surface area contributed by atoms with Crippen LogP contribution in [-0.2, 0) is 22.3 Å². The molecule has 130 valence electrons. The molecule has 0 aliphatic carbocycles. The van der Waals surface area contributed by atoms with Gasteiger partial charge in [0, 0.05) is 13.1 Å². The maximum absolute atomic E-state index is 12.4. The maximum atomic E-state index is 12.4. The van der Waals surface area contributed by atoms with Crippen LogP contribution in [0.2, 0.25) is 0 Å². The van der Waals surface area contributed by atoms with Crippen molar-refractivity contribution in [3.8, 4) is 0 Å². The van der Waals surface area contributed by atoms with Crippen molar-refractivity contribution in [1.82, 2.24) is 34.3 Å². The predicted molar refractivity (Wildman–Crippen MR) is 88.8 cm³/mol. The Morgan fingerprint density at radius 1 is 1.08 bits per heavy atom. The molecule has 4 rings (SSSR count). The standard InChI is InChI=1S/C15H17N7O2S/c23-25(24,12-13-4-2-1-3-5-13)20-10-15(11-20)21-8-14(18-19-21)9-22-16-6-7-17-22/h1-8,15H,9-12H2. The lowest BCUT2D eigenvalue weighted by Crippen LogP contribution is -2.51. The Morgan fingerprint density at radius 3 is 2.52 bits per heavy atom. The molecule has 0 unspecified atom stereocenters. The van der Waals surface area contributed by atoms with Crippen molar-refractivity contribution in [2.24, 2.45) is 0 Å². The highest BCUT2D eigenvalue weighted by Gasteiger charge is 2.37. The lowest BCUT2D eigenvalue weighted by Gasteiger charge is -2.37. The Bertz CT molecular complexity index is 931. The quantitative estimate of drug-likeness (QED) is 0.628. The van der Waals surface area contributed by atoms with E-state index < -0.39 is 10.0 Å². The average Bonchev–Trinajstić information content (AvgIpc) is 3.19. The van der Waals surface area contributed by atoms with E-state index in [1.807, 2.05) is 36.5 Å². The van der Waals surface area contributed by atoms with Crippen LogP contribution in [0.4, 0.5) is 0 Å². The zero-order valence-electron chi connectivity index (χ0n) is 13.4. The van der Waals surface area contributed by atoms with E-state index in [2.05, 4.69) is 20.5 Å². The third kappa shape index (κ3) is 3.44. The molecule has 3 heterocycles. The number of aromatic nitrogens is 6. The first-order chi connectivity index (χ1) is 12.1. The summed E-state index contributed by atoms with van der Waals surface area (Å²) in [5.74, 6) is 0.0220. The van der Waals surface area contributed by atoms with Gasteiger partial charge in [0.05, 0.1) is 30.4 Å². The summed E-state index contributed by atoms with van der Waals surface area (Å²) in [7, 11) is -3.30. The second-order valence-electron chi connectivity index (χ2n) is 5.96. The van der Waals surface area contributed by atoms with E-state index in [0.717, 1.165) is 11.3 Å². The summed E-state index contributed by atoms with van der Waals surface area (Å²) in [6.07, 6.45) is 5.02. The summed E-state index contributed by atoms with van der Waals surface area (Å²) in [5, 5.41) is 16.2. The number of benzene rings is 1. The summed E-state index contributed by atoms with van der Waals surface area (Å²) >= 11 is 0. The van der Waals surface area contributed by atoms with E-state index in [1.54, 1.807) is 17.1 Å². The van der Waals surface area contributed by atoms with Crippen molar-refractivity contribution in [3.05, 3.63) is 60.2 Å². The van der Waals surface area contributed by atoms with Crippen LogP contribution < -0.4 is 0 Å². The molecule has 0 bridgehead atoms. The van der Waals surface area contributed by atoms with Gasteiger partial charge in [-0.25, -0.2) is 13.1 Å². The van der Waals surface area contributed by atoms with Crippen LogP contribution in [0.5, 0.6) is 0 Å². The minimum absolute atomic E-state index is 0.0115. The summed E-state index contributed by atoms with van der Waals surface area (Å²) < 4.78 is 28.1. The summed E-state index contributed by atoms with van der Waals surface area (Å²) in [5.41, 5.74) is 1.53. The molecule has 0 N–H and O–H groups in total. The molecule has 1 fully saturated rings. The van der Waals surface area contributed by atoms with Gasteiger partial charge in [-0.05, 0) is 5.56 Å². The van der Waals surface area contributed by atoms with E-state index in [-0.39, 0.29) is 11.8 Å². The number of sulfonamides is 1. The predicted octanol–water partition coefficient (Wildman–Crippen LogP) is 0.305. The van der Waals surface area contributed by atoms with Crippen LogP contribution in [-0.4, -0.2) is 55.8 Å². The third-order valence-electron chi connectivity index (χ3n) is 4.12. The first kappa shape index (κ1) is 15.9. The van der Waals surface area contributed by atoms with Gasteiger partial charge in [-0.15, -0.1) is 5.10 Å². The number of nitrogens with zero attached hydrogens (tertiary/aromatic N) is 7. The monoisotopic (exact) mass is 359 g/mol. The molecule has 1 aromatic carbocycles. The molecular formula is C15H17N7O2S. The van der Waals surface area contributed by atoms with Gasteiger partial charge in [0.25, 0.3) is 0 Å². The van der Waals surface area contributed by atoms with Crippen molar-refractivity contribution in [3.63, 3.8) is 0 Å². The normalized spacial score (nSPS) is 16.0. The Hall–Kier alpha value is -2.59. The van der Waals surface area contributed by atoms with Crippen LogP contribution >= 0.6 is 0 Å². The fraction of sp³-hybridized carbons (Fsp3) is 0.333. The summed E-state index contributed by atoms with van der Waals surface area (Å²) in [6, 6.07) is 9.21. The van der Waals surface area contributed by atoms with Gasteiger partial charge >= 0.3 is 0 Å². The molecule has 3 aromatic rings. The van der Waals surface area contributed by atoms with Crippen molar-refractivity contribution in [2.75, 3.05) is 13.1 Å². The van der Waals surface area contributed by atoms with Crippen LogP contribution in [0.15, 0.2) is 48.9 Å². The molecule has 10 heteroatoms. The molecule has 25 heavy (non-hydrogen) atoms. The molecule has 1 aliphatic heterocycles. The van der Waals surface area contributed by atoms with Crippen LogP contribution in [0.1, 0.15) is 17.3 Å². The van der Waals surface area contributed by atoms with Gasteiger partial charge in [-0.2, -0.15) is 19.3 Å². The number of rotatable bonds is 6. The van der Waals surface area contributed by atoms with Crippen LogP contribution in [0.25, 0.3) is 0 Å². The minimum atomic E-state index is -3.30. The molecule has 0 radical (unpaired) electrons. The Labute approximate surface area is 144 Å². The fourth-order valence-electron chi connectivity index (χ4n) is 2.72. The highest BCUT2D eigenvalue weighted by atomic mass is 32.2. The molecule has 0 saturated carbocycles. The van der Waals surface area contributed by atoms with Crippen LogP contribution in [0.3, 0.4) is 0 Å². The highest BCUT2D eigenvalue weighted by Crippen LogP contribution is 2.25. The van der Waals surface area contributed by atoms with E-state index >= 15 is 0 Å². The van der Waals surface area contributed by atoms with E-state index in [9.17, 15) is 8.42 Å². The van der Waals surface area contributed by atoms with Gasteiger partial charge in [-0.3, -0.25) is 0 Å².